The Bertz CT molecular complexity index is 412. The number of aliphatic hydroxyl groups is 1. The summed E-state index contributed by atoms with van der Waals surface area (Å²) in [5.74, 6) is 0. The SMILES string of the molecule is OCc1sc(N2CCOC3CCCC32)nc1Cl. The molecule has 4 nitrogen and oxygen atoms in total. The number of ether oxygens (including phenoxy) is 1. The van der Waals surface area contributed by atoms with E-state index in [9.17, 15) is 0 Å². The number of hydrogen-bond donors (Lipinski definition) is 1. The summed E-state index contributed by atoms with van der Waals surface area (Å²) >= 11 is 7.48. The van der Waals surface area contributed by atoms with Crippen LogP contribution in [0.4, 0.5) is 5.13 Å². The second-order valence-corrected chi connectivity index (χ2v) is 5.89. The lowest BCUT2D eigenvalue weighted by Gasteiger charge is -2.37. The van der Waals surface area contributed by atoms with Gasteiger partial charge in [-0.1, -0.05) is 22.9 Å². The smallest absolute Gasteiger partial charge is 0.187 e. The van der Waals surface area contributed by atoms with E-state index in [2.05, 4.69) is 9.88 Å². The average Bonchev–Trinajstić information content (AvgIpc) is 2.94. The Labute approximate surface area is 109 Å². The van der Waals surface area contributed by atoms with E-state index in [0.717, 1.165) is 36.0 Å². The molecule has 2 atom stereocenters. The number of hydrogen-bond acceptors (Lipinski definition) is 5. The lowest BCUT2D eigenvalue weighted by molar-refractivity contribution is 0.0256. The molecule has 1 aliphatic carbocycles. The predicted octanol–water partition coefficient (Wildman–Crippen LogP) is 2.05. The first-order chi connectivity index (χ1) is 8.29. The molecule has 1 saturated heterocycles. The molecule has 0 bridgehead atoms. The summed E-state index contributed by atoms with van der Waals surface area (Å²) in [5, 5.41) is 10.5. The fraction of sp³-hybridized carbons (Fsp3) is 0.727. The molecule has 0 radical (unpaired) electrons. The zero-order valence-corrected chi connectivity index (χ0v) is 11.0. The Morgan fingerprint density at radius 2 is 2.41 bits per heavy atom. The lowest BCUT2D eigenvalue weighted by Crippen LogP contribution is -2.48. The number of thiazole rings is 1. The van der Waals surface area contributed by atoms with Gasteiger partial charge in [0.05, 0.1) is 30.2 Å². The van der Waals surface area contributed by atoms with Gasteiger partial charge < -0.3 is 14.7 Å². The number of nitrogens with zero attached hydrogens (tertiary/aromatic N) is 2. The first kappa shape index (κ1) is 11.7. The minimum Gasteiger partial charge on any atom is -0.391 e. The molecule has 2 fully saturated rings. The zero-order chi connectivity index (χ0) is 11.8. The molecule has 1 N–H and O–H groups in total. The third kappa shape index (κ3) is 2.05. The van der Waals surface area contributed by atoms with Crippen LogP contribution in [0.15, 0.2) is 0 Å². The average molecular weight is 275 g/mol. The van der Waals surface area contributed by atoms with Crippen molar-refractivity contribution >= 4 is 28.1 Å². The van der Waals surface area contributed by atoms with Crippen molar-refractivity contribution in [2.45, 2.75) is 38.0 Å². The molecule has 1 aliphatic heterocycles. The molecular weight excluding hydrogens is 260 g/mol. The number of anilines is 1. The van der Waals surface area contributed by atoms with E-state index in [1.54, 1.807) is 0 Å². The van der Waals surface area contributed by atoms with Crippen LogP contribution in [-0.2, 0) is 11.3 Å². The van der Waals surface area contributed by atoms with Gasteiger partial charge in [0.25, 0.3) is 0 Å². The summed E-state index contributed by atoms with van der Waals surface area (Å²) in [6.45, 7) is 1.59. The van der Waals surface area contributed by atoms with Crippen molar-refractivity contribution in [3.63, 3.8) is 0 Å². The molecule has 2 aliphatic rings. The molecule has 0 amide bonds. The van der Waals surface area contributed by atoms with Crippen LogP contribution in [0, 0.1) is 0 Å². The summed E-state index contributed by atoms with van der Waals surface area (Å²) in [6, 6.07) is 0.442. The van der Waals surface area contributed by atoms with E-state index in [0.29, 0.717) is 17.3 Å². The summed E-state index contributed by atoms with van der Waals surface area (Å²) in [7, 11) is 0. The fourth-order valence-electron chi connectivity index (χ4n) is 2.70. The first-order valence-electron chi connectivity index (χ1n) is 5.94. The second-order valence-electron chi connectivity index (χ2n) is 4.47. The second kappa shape index (κ2) is 4.72. The fourth-order valence-corrected chi connectivity index (χ4v) is 3.91. The standard InChI is InChI=1S/C11H15ClN2O2S/c12-10-9(6-15)17-11(13-10)14-4-5-16-8-3-1-2-7(8)14/h7-8,15H,1-6H2. The Morgan fingerprint density at radius 3 is 3.18 bits per heavy atom. The van der Waals surface area contributed by atoms with E-state index in [-0.39, 0.29) is 6.61 Å². The van der Waals surface area contributed by atoms with E-state index < -0.39 is 0 Å². The van der Waals surface area contributed by atoms with Crippen LogP contribution < -0.4 is 4.90 Å². The molecule has 0 aromatic carbocycles. The highest BCUT2D eigenvalue weighted by Crippen LogP contribution is 2.37. The summed E-state index contributed by atoms with van der Waals surface area (Å²) in [5.41, 5.74) is 0. The van der Waals surface area contributed by atoms with Crippen LogP contribution >= 0.6 is 22.9 Å². The molecule has 2 heterocycles. The third-order valence-corrected chi connectivity index (χ3v) is 5.01. The van der Waals surface area contributed by atoms with Crippen LogP contribution in [0.2, 0.25) is 5.15 Å². The summed E-state index contributed by atoms with van der Waals surface area (Å²) < 4.78 is 5.77. The van der Waals surface area contributed by atoms with Gasteiger partial charge in [-0.25, -0.2) is 4.98 Å². The molecule has 2 unspecified atom stereocenters. The minimum atomic E-state index is -0.0328. The Hall–Kier alpha value is -0.360. The van der Waals surface area contributed by atoms with Crippen molar-refractivity contribution in [1.82, 2.24) is 4.98 Å². The van der Waals surface area contributed by atoms with Gasteiger partial charge in [-0.05, 0) is 19.3 Å². The van der Waals surface area contributed by atoms with Gasteiger partial charge in [0, 0.05) is 6.54 Å². The molecule has 1 saturated carbocycles. The molecule has 1 aromatic rings. The van der Waals surface area contributed by atoms with Crippen LogP contribution in [0.5, 0.6) is 0 Å². The highest BCUT2D eigenvalue weighted by molar-refractivity contribution is 7.16. The number of aliphatic hydroxyl groups excluding tert-OH is 1. The highest BCUT2D eigenvalue weighted by Gasteiger charge is 2.37. The van der Waals surface area contributed by atoms with E-state index >= 15 is 0 Å². The maximum absolute atomic E-state index is 9.16. The largest absolute Gasteiger partial charge is 0.391 e. The number of morpholine rings is 1. The van der Waals surface area contributed by atoms with Crippen LogP contribution in [0.1, 0.15) is 24.1 Å². The van der Waals surface area contributed by atoms with Crippen molar-refractivity contribution in [3.8, 4) is 0 Å². The Morgan fingerprint density at radius 1 is 1.53 bits per heavy atom. The molecule has 6 heteroatoms. The Kier molecular flexibility index (Phi) is 3.25. The van der Waals surface area contributed by atoms with Crippen LogP contribution in [0.3, 0.4) is 0 Å². The van der Waals surface area contributed by atoms with Gasteiger partial charge >= 0.3 is 0 Å². The lowest BCUT2D eigenvalue weighted by atomic mass is 10.1. The molecule has 1 aromatic heterocycles. The van der Waals surface area contributed by atoms with Crippen molar-refractivity contribution in [2.24, 2.45) is 0 Å². The van der Waals surface area contributed by atoms with Crippen LogP contribution in [-0.4, -0.2) is 35.4 Å². The number of fused-ring (bicyclic) bond motifs is 1. The van der Waals surface area contributed by atoms with Gasteiger partial charge in [-0.15, -0.1) is 0 Å². The topological polar surface area (TPSA) is 45.6 Å². The van der Waals surface area contributed by atoms with Crippen LogP contribution in [0.25, 0.3) is 0 Å². The van der Waals surface area contributed by atoms with Crippen molar-refractivity contribution in [1.29, 1.82) is 0 Å². The monoisotopic (exact) mass is 274 g/mol. The summed E-state index contributed by atoms with van der Waals surface area (Å²) in [6.07, 6.45) is 3.88. The number of rotatable bonds is 2. The molecule has 94 valence electrons. The molecule has 17 heavy (non-hydrogen) atoms. The van der Waals surface area contributed by atoms with E-state index in [1.165, 1.54) is 17.8 Å². The zero-order valence-electron chi connectivity index (χ0n) is 9.43. The van der Waals surface area contributed by atoms with Gasteiger partial charge in [0.2, 0.25) is 0 Å². The van der Waals surface area contributed by atoms with Crippen molar-refractivity contribution < 1.29 is 9.84 Å². The first-order valence-corrected chi connectivity index (χ1v) is 7.13. The Balaban J connectivity index is 1.86. The van der Waals surface area contributed by atoms with Gasteiger partial charge in [0.15, 0.2) is 5.13 Å². The number of halogens is 1. The number of aromatic nitrogens is 1. The van der Waals surface area contributed by atoms with E-state index in [1.807, 2.05) is 0 Å². The third-order valence-electron chi connectivity index (χ3n) is 3.51. The van der Waals surface area contributed by atoms with E-state index in [4.69, 9.17) is 21.4 Å². The maximum Gasteiger partial charge on any atom is 0.187 e. The van der Waals surface area contributed by atoms with Crippen molar-refractivity contribution in [2.75, 3.05) is 18.1 Å². The highest BCUT2D eigenvalue weighted by atomic mass is 35.5. The van der Waals surface area contributed by atoms with Gasteiger partial charge in [-0.2, -0.15) is 0 Å². The predicted molar refractivity (Wildman–Crippen MR) is 67.8 cm³/mol. The molecular formula is C11H15ClN2O2S. The quantitative estimate of drug-likeness (QED) is 0.897. The molecule has 0 spiro atoms. The maximum atomic E-state index is 9.16. The van der Waals surface area contributed by atoms with Gasteiger partial charge in [-0.3, -0.25) is 0 Å². The summed E-state index contributed by atoms with van der Waals surface area (Å²) in [4.78, 5) is 7.41. The normalized spacial score (nSPS) is 28.5. The minimum absolute atomic E-state index is 0.0328. The molecule has 3 rings (SSSR count). The van der Waals surface area contributed by atoms with Crippen molar-refractivity contribution in [3.05, 3.63) is 10.0 Å². The van der Waals surface area contributed by atoms with Gasteiger partial charge in [0.1, 0.15) is 5.15 Å².